The molecule has 2 heteroatoms. The van der Waals surface area contributed by atoms with Crippen LogP contribution in [0, 0.1) is 5.92 Å². The maximum atomic E-state index is 5.75. The lowest BCUT2D eigenvalue weighted by molar-refractivity contribution is 0.253. The number of benzene rings is 1. The van der Waals surface area contributed by atoms with Gasteiger partial charge in [-0.25, -0.2) is 0 Å². The van der Waals surface area contributed by atoms with E-state index in [9.17, 15) is 0 Å². The van der Waals surface area contributed by atoms with Crippen molar-refractivity contribution in [2.24, 2.45) is 5.92 Å². The summed E-state index contributed by atoms with van der Waals surface area (Å²) in [4.78, 5) is 0. The fraction of sp³-hybridized carbons (Fsp3) is 0.625. The summed E-state index contributed by atoms with van der Waals surface area (Å²) >= 11 is 0. The third-order valence-electron chi connectivity index (χ3n) is 3.37. The van der Waals surface area contributed by atoms with E-state index in [4.69, 9.17) is 4.74 Å². The summed E-state index contributed by atoms with van der Waals surface area (Å²) in [5, 5.41) is 3.61. The van der Waals surface area contributed by atoms with Gasteiger partial charge in [0, 0.05) is 6.04 Å². The minimum absolute atomic E-state index is 0.615. The maximum absolute atomic E-state index is 5.75. The molecule has 0 aromatic heterocycles. The van der Waals surface area contributed by atoms with Crippen molar-refractivity contribution < 1.29 is 4.74 Å². The Balaban J connectivity index is 2.24. The second-order valence-electron chi connectivity index (χ2n) is 4.90. The number of nitrogens with one attached hydrogen (secondary N) is 1. The first-order valence-electron chi connectivity index (χ1n) is 7.19. The van der Waals surface area contributed by atoms with Crippen molar-refractivity contribution in [3.63, 3.8) is 0 Å². The molecule has 102 valence electrons. The highest BCUT2D eigenvalue weighted by Gasteiger charge is 2.14. The number of rotatable bonds is 9. The average molecular weight is 249 g/mol. The first kappa shape index (κ1) is 15.0. The van der Waals surface area contributed by atoms with Crippen molar-refractivity contribution in [1.29, 1.82) is 0 Å². The van der Waals surface area contributed by atoms with Gasteiger partial charge in [-0.1, -0.05) is 39.0 Å². The molecule has 2 unspecified atom stereocenters. The SMILES string of the molecule is CCCNC(CC)C(C)CCOc1ccccc1. The number of ether oxygens (including phenoxy) is 1. The summed E-state index contributed by atoms with van der Waals surface area (Å²) in [5.74, 6) is 1.63. The highest BCUT2D eigenvalue weighted by Crippen LogP contribution is 2.14. The lowest BCUT2D eigenvalue weighted by Crippen LogP contribution is -2.35. The molecule has 1 aromatic rings. The monoisotopic (exact) mass is 249 g/mol. The van der Waals surface area contributed by atoms with E-state index in [1.54, 1.807) is 0 Å². The van der Waals surface area contributed by atoms with Gasteiger partial charge in [0.15, 0.2) is 0 Å². The molecule has 0 amide bonds. The lowest BCUT2D eigenvalue weighted by atomic mass is 9.96. The Bertz CT molecular complexity index is 299. The van der Waals surface area contributed by atoms with Gasteiger partial charge in [0.2, 0.25) is 0 Å². The molecular formula is C16H27NO. The predicted molar refractivity (Wildman–Crippen MR) is 78.1 cm³/mol. The molecule has 2 nitrogen and oxygen atoms in total. The Morgan fingerprint density at radius 1 is 1.17 bits per heavy atom. The molecule has 1 rings (SSSR count). The van der Waals surface area contributed by atoms with Gasteiger partial charge in [-0.15, -0.1) is 0 Å². The van der Waals surface area contributed by atoms with Crippen LogP contribution in [0.25, 0.3) is 0 Å². The Morgan fingerprint density at radius 3 is 2.50 bits per heavy atom. The van der Waals surface area contributed by atoms with E-state index in [0.29, 0.717) is 12.0 Å². The normalized spacial score (nSPS) is 14.2. The standard InChI is InChI=1S/C16H27NO/c1-4-12-17-16(5-2)14(3)11-13-18-15-9-7-6-8-10-15/h6-10,14,16-17H,4-5,11-13H2,1-3H3. The minimum atomic E-state index is 0.615. The Morgan fingerprint density at radius 2 is 1.89 bits per heavy atom. The van der Waals surface area contributed by atoms with E-state index in [1.165, 1.54) is 12.8 Å². The molecule has 0 saturated heterocycles. The zero-order valence-electron chi connectivity index (χ0n) is 12.0. The highest BCUT2D eigenvalue weighted by atomic mass is 16.5. The zero-order valence-corrected chi connectivity index (χ0v) is 12.0. The van der Waals surface area contributed by atoms with Crippen LogP contribution in [0.5, 0.6) is 5.75 Å². The van der Waals surface area contributed by atoms with Gasteiger partial charge < -0.3 is 10.1 Å². The minimum Gasteiger partial charge on any atom is -0.494 e. The van der Waals surface area contributed by atoms with Crippen molar-refractivity contribution in [3.05, 3.63) is 30.3 Å². The first-order chi connectivity index (χ1) is 8.77. The van der Waals surface area contributed by atoms with E-state index in [-0.39, 0.29) is 0 Å². The smallest absolute Gasteiger partial charge is 0.119 e. The summed E-state index contributed by atoms with van der Waals surface area (Å²) in [6, 6.07) is 10.7. The third kappa shape index (κ3) is 5.54. The van der Waals surface area contributed by atoms with Crippen LogP contribution < -0.4 is 10.1 Å². The Labute approximate surface area is 112 Å². The van der Waals surface area contributed by atoms with Crippen LogP contribution >= 0.6 is 0 Å². The molecule has 0 bridgehead atoms. The van der Waals surface area contributed by atoms with Crippen LogP contribution in [0.15, 0.2) is 30.3 Å². The Kier molecular flexibility index (Phi) is 7.51. The van der Waals surface area contributed by atoms with Crippen LogP contribution in [0.1, 0.15) is 40.0 Å². The predicted octanol–water partition coefficient (Wildman–Crippen LogP) is 3.87. The molecule has 2 atom stereocenters. The van der Waals surface area contributed by atoms with E-state index in [1.807, 2.05) is 30.3 Å². The molecule has 0 saturated carbocycles. The number of hydrogen-bond donors (Lipinski definition) is 1. The van der Waals surface area contributed by atoms with Crippen molar-refractivity contribution in [3.8, 4) is 5.75 Å². The summed E-state index contributed by atoms with van der Waals surface area (Å²) in [5.41, 5.74) is 0. The molecular weight excluding hydrogens is 222 g/mol. The van der Waals surface area contributed by atoms with Gasteiger partial charge in [0.25, 0.3) is 0 Å². The van der Waals surface area contributed by atoms with Gasteiger partial charge in [0.05, 0.1) is 6.61 Å². The molecule has 0 radical (unpaired) electrons. The summed E-state index contributed by atoms with van der Waals surface area (Å²) in [6.45, 7) is 8.69. The molecule has 18 heavy (non-hydrogen) atoms. The zero-order chi connectivity index (χ0) is 13.2. The fourth-order valence-electron chi connectivity index (χ4n) is 2.16. The van der Waals surface area contributed by atoms with Crippen molar-refractivity contribution >= 4 is 0 Å². The molecule has 1 aromatic carbocycles. The quantitative estimate of drug-likeness (QED) is 0.717. The second-order valence-corrected chi connectivity index (χ2v) is 4.90. The van der Waals surface area contributed by atoms with Gasteiger partial charge in [-0.3, -0.25) is 0 Å². The van der Waals surface area contributed by atoms with E-state index < -0.39 is 0 Å². The lowest BCUT2D eigenvalue weighted by Gasteiger charge is -2.24. The topological polar surface area (TPSA) is 21.3 Å². The second kappa shape index (κ2) is 8.98. The van der Waals surface area contributed by atoms with Crippen LogP contribution in [-0.2, 0) is 0 Å². The summed E-state index contributed by atoms with van der Waals surface area (Å²) in [7, 11) is 0. The molecule has 0 fully saturated rings. The first-order valence-corrected chi connectivity index (χ1v) is 7.19. The fourth-order valence-corrected chi connectivity index (χ4v) is 2.16. The molecule has 0 spiro atoms. The maximum Gasteiger partial charge on any atom is 0.119 e. The van der Waals surface area contributed by atoms with Crippen molar-refractivity contribution in [2.75, 3.05) is 13.2 Å². The van der Waals surface area contributed by atoms with Crippen LogP contribution in [0.2, 0.25) is 0 Å². The van der Waals surface area contributed by atoms with Crippen LogP contribution in [0.3, 0.4) is 0 Å². The van der Waals surface area contributed by atoms with Crippen molar-refractivity contribution in [1.82, 2.24) is 5.32 Å². The number of hydrogen-bond acceptors (Lipinski definition) is 2. The molecule has 0 aliphatic rings. The van der Waals surface area contributed by atoms with Crippen molar-refractivity contribution in [2.45, 2.75) is 46.1 Å². The van der Waals surface area contributed by atoms with E-state index in [0.717, 1.165) is 25.3 Å². The molecule has 0 aliphatic carbocycles. The summed E-state index contributed by atoms with van der Waals surface area (Å²) in [6.07, 6.45) is 3.49. The summed E-state index contributed by atoms with van der Waals surface area (Å²) < 4.78 is 5.75. The van der Waals surface area contributed by atoms with Gasteiger partial charge >= 0.3 is 0 Å². The molecule has 0 aliphatic heterocycles. The average Bonchev–Trinajstić information content (AvgIpc) is 2.41. The van der Waals surface area contributed by atoms with Gasteiger partial charge in [-0.05, 0) is 43.9 Å². The van der Waals surface area contributed by atoms with Crippen LogP contribution in [-0.4, -0.2) is 19.2 Å². The van der Waals surface area contributed by atoms with Gasteiger partial charge in [-0.2, -0.15) is 0 Å². The van der Waals surface area contributed by atoms with Crippen LogP contribution in [0.4, 0.5) is 0 Å². The van der Waals surface area contributed by atoms with E-state index >= 15 is 0 Å². The largest absolute Gasteiger partial charge is 0.494 e. The number of para-hydroxylation sites is 1. The molecule has 0 heterocycles. The highest BCUT2D eigenvalue weighted by molar-refractivity contribution is 5.20. The molecule has 1 N–H and O–H groups in total. The Hall–Kier alpha value is -1.02. The van der Waals surface area contributed by atoms with Gasteiger partial charge in [0.1, 0.15) is 5.75 Å². The third-order valence-corrected chi connectivity index (χ3v) is 3.37. The van der Waals surface area contributed by atoms with E-state index in [2.05, 4.69) is 26.1 Å².